The van der Waals surface area contributed by atoms with Crippen molar-refractivity contribution in [2.75, 3.05) is 13.2 Å². The summed E-state index contributed by atoms with van der Waals surface area (Å²) < 4.78 is 9.39. The zero-order valence-electron chi connectivity index (χ0n) is 9.36. The molecule has 1 N–H and O–H groups in total. The lowest BCUT2D eigenvalue weighted by atomic mass is 10.0. The second-order valence-corrected chi connectivity index (χ2v) is 2.96. The molecule has 5 heteroatoms. The minimum absolute atomic E-state index is 0.172. The number of esters is 2. The van der Waals surface area contributed by atoms with Gasteiger partial charge in [0, 0.05) is 0 Å². The average Bonchev–Trinajstić information content (AvgIpc) is 2.18. The predicted octanol–water partition coefficient (Wildman–Crippen LogP) is 0.500. The minimum Gasteiger partial charge on any atom is -0.465 e. The van der Waals surface area contributed by atoms with Crippen LogP contribution in [0.15, 0.2) is 0 Å². The first-order chi connectivity index (χ1) is 7.08. The zero-order chi connectivity index (χ0) is 11.8. The van der Waals surface area contributed by atoms with Crippen LogP contribution in [0.25, 0.3) is 0 Å². The Morgan fingerprint density at radius 2 is 1.47 bits per heavy atom. The van der Waals surface area contributed by atoms with E-state index in [1.54, 1.807) is 20.8 Å². The number of ether oxygens (including phenoxy) is 2. The first-order valence-electron chi connectivity index (χ1n) is 5.09. The van der Waals surface area contributed by atoms with Gasteiger partial charge in [-0.2, -0.15) is 0 Å². The molecule has 0 aliphatic carbocycles. The number of carbonyl (C=O) groups excluding carboxylic acids is 2. The molecule has 1 unspecified atom stereocenters. The van der Waals surface area contributed by atoms with Gasteiger partial charge in [-0.05, 0) is 20.3 Å². The van der Waals surface area contributed by atoms with Gasteiger partial charge < -0.3 is 14.6 Å². The summed E-state index contributed by atoms with van der Waals surface area (Å²) in [5.41, 5.74) is 0. The van der Waals surface area contributed by atoms with Crippen LogP contribution in [0.5, 0.6) is 0 Å². The molecule has 1 atom stereocenters. The van der Waals surface area contributed by atoms with E-state index < -0.39 is 24.0 Å². The molecule has 0 radical (unpaired) electrons. The van der Waals surface area contributed by atoms with Crippen molar-refractivity contribution < 1.29 is 24.2 Å². The Bertz CT molecular complexity index is 196. The fourth-order valence-electron chi connectivity index (χ4n) is 1.11. The minimum atomic E-state index is -1.23. The summed E-state index contributed by atoms with van der Waals surface area (Å²) >= 11 is 0. The third-order valence-corrected chi connectivity index (χ3v) is 1.88. The number of aliphatic hydroxyl groups excluding tert-OH is 1. The summed E-state index contributed by atoms with van der Waals surface area (Å²) in [6.07, 6.45) is -0.759. The van der Waals surface area contributed by atoms with Crippen LogP contribution in [0.4, 0.5) is 0 Å². The predicted molar refractivity (Wildman–Crippen MR) is 53.1 cm³/mol. The van der Waals surface area contributed by atoms with E-state index >= 15 is 0 Å². The molecule has 0 aromatic carbocycles. The van der Waals surface area contributed by atoms with Crippen LogP contribution < -0.4 is 0 Å². The van der Waals surface area contributed by atoms with Crippen LogP contribution in [0, 0.1) is 5.92 Å². The summed E-state index contributed by atoms with van der Waals surface area (Å²) in [4.78, 5) is 22.8. The number of rotatable bonds is 6. The van der Waals surface area contributed by atoms with E-state index in [4.69, 9.17) is 9.47 Å². The third-order valence-electron chi connectivity index (χ3n) is 1.88. The molecule has 0 aliphatic heterocycles. The SMILES string of the molecule is CCOC(=O)C(C(=O)OCC)C(O)CC. The van der Waals surface area contributed by atoms with E-state index in [9.17, 15) is 14.7 Å². The van der Waals surface area contributed by atoms with E-state index in [1.165, 1.54) is 0 Å². The summed E-state index contributed by atoms with van der Waals surface area (Å²) in [6, 6.07) is 0. The van der Waals surface area contributed by atoms with Crippen molar-refractivity contribution in [2.24, 2.45) is 5.92 Å². The molecule has 0 amide bonds. The van der Waals surface area contributed by atoms with Gasteiger partial charge in [0.25, 0.3) is 0 Å². The van der Waals surface area contributed by atoms with E-state index in [1.807, 2.05) is 0 Å². The first kappa shape index (κ1) is 13.9. The normalized spacial score (nSPS) is 12.3. The molecule has 0 rings (SSSR count). The largest absolute Gasteiger partial charge is 0.465 e. The van der Waals surface area contributed by atoms with E-state index in [2.05, 4.69) is 0 Å². The summed E-state index contributed by atoms with van der Waals surface area (Å²) in [5, 5.41) is 9.51. The van der Waals surface area contributed by atoms with Gasteiger partial charge in [-0.3, -0.25) is 9.59 Å². The van der Waals surface area contributed by atoms with Crippen LogP contribution >= 0.6 is 0 Å². The highest BCUT2D eigenvalue weighted by Crippen LogP contribution is 2.12. The van der Waals surface area contributed by atoms with Gasteiger partial charge in [-0.1, -0.05) is 6.92 Å². The Labute approximate surface area is 89.4 Å². The molecule has 0 saturated heterocycles. The standard InChI is InChI=1S/C10H18O5/c1-4-7(11)8(9(12)14-5-2)10(13)15-6-3/h7-8,11H,4-6H2,1-3H3. The molecule has 0 heterocycles. The highest BCUT2D eigenvalue weighted by Gasteiger charge is 2.35. The van der Waals surface area contributed by atoms with Crippen LogP contribution in [0.1, 0.15) is 27.2 Å². The zero-order valence-corrected chi connectivity index (χ0v) is 9.36. The molecule has 0 aromatic heterocycles. The first-order valence-corrected chi connectivity index (χ1v) is 5.09. The molecule has 0 aliphatic rings. The van der Waals surface area contributed by atoms with E-state index in [-0.39, 0.29) is 13.2 Å². The Morgan fingerprint density at radius 3 is 1.73 bits per heavy atom. The van der Waals surface area contributed by atoms with Crippen LogP contribution in [0.2, 0.25) is 0 Å². The topological polar surface area (TPSA) is 72.8 Å². The van der Waals surface area contributed by atoms with Crippen molar-refractivity contribution in [1.29, 1.82) is 0 Å². The van der Waals surface area contributed by atoms with Gasteiger partial charge in [-0.25, -0.2) is 0 Å². The number of hydrogen-bond acceptors (Lipinski definition) is 5. The van der Waals surface area contributed by atoms with Crippen LogP contribution in [-0.4, -0.2) is 36.4 Å². The number of aliphatic hydroxyl groups is 1. The van der Waals surface area contributed by atoms with E-state index in [0.717, 1.165) is 0 Å². The van der Waals surface area contributed by atoms with Crippen molar-refractivity contribution in [3.63, 3.8) is 0 Å². The maximum Gasteiger partial charge on any atom is 0.323 e. The fourth-order valence-corrected chi connectivity index (χ4v) is 1.11. The molecule has 0 aromatic rings. The van der Waals surface area contributed by atoms with Crippen LogP contribution in [-0.2, 0) is 19.1 Å². The fraction of sp³-hybridized carbons (Fsp3) is 0.800. The van der Waals surface area contributed by atoms with Crippen molar-refractivity contribution in [3.8, 4) is 0 Å². The summed E-state index contributed by atoms with van der Waals surface area (Å²) in [6.45, 7) is 5.29. The lowest BCUT2D eigenvalue weighted by molar-refractivity contribution is -0.167. The smallest absolute Gasteiger partial charge is 0.323 e. The maximum atomic E-state index is 11.4. The summed E-state index contributed by atoms with van der Waals surface area (Å²) in [5.74, 6) is -2.69. The number of carbonyl (C=O) groups is 2. The van der Waals surface area contributed by atoms with Crippen molar-refractivity contribution in [1.82, 2.24) is 0 Å². The Morgan fingerprint density at radius 1 is 1.07 bits per heavy atom. The Balaban J connectivity index is 4.56. The van der Waals surface area contributed by atoms with Gasteiger partial charge in [0.1, 0.15) is 0 Å². The lowest BCUT2D eigenvalue weighted by Gasteiger charge is -2.18. The Hall–Kier alpha value is -1.10. The van der Waals surface area contributed by atoms with Crippen molar-refractivity contribution in [2.45, 2.75) is 33.3 Å². The second-order valence-electron chi connectivity index (χ2n) is 2.96. The van der Waals surface area contributed by atoms with Crippen molar-refractivity contribution >= 4 is 11.9 Å². The van der Waals surface area contributed by atoms with Gasteiger partial charge in [0.2, 0.25) is 0 Å². The van der Waals surface area contributed by atoms with Gasteiger partial charge in [-0.15, -0.1) is 0 Å². The molecule has 0 spiro atoms. The highest BCUT2D eigenvalue weighted by molar-refractivity contribution is 5.95. The monoisotopic (exact) mass is 218 g/mol. The molecule has 5 nitrogen and oxygen atoms in total. The number of hydrogen-bond donors (Lipinski definition) is 1. The van der Waals surface area contributed by atoms with Crippen LogP contribution in [0.3, 0.4) is 0 Å². The Kier molecular flexibility index (Phi) is 6.70. The molecule has 15 heavy (non-hydrogen) atoms. The lowest BCUT2D eigenvalue weighted by Crippen LogP contribution is -2.37. The summed E-state index contributed by atoms with van der Waals surface area (Å²) in [7, 11) is 0. The molecular weight excluding hydrogens is 200 g/mol. The quantitative estimate of drug-likeness (QED) is 0.519. The van der Waals surface area contributed by atoms with E-state index in [0.29, 0.717) is 6.42 Å². The van der Waals surface area contributed by atoms with Gasteiger partial charge >= 0.3 is 11.9 Å². The van der Waals surface area contributed by atoms with Gasteiger partial charge in [0.15, 0.2) is 5.92 Å². The second kappa shape index (κ2) is 7.23. The van der Waals surface area contributed by atoms with Gasteiger partial charge in [0.05, 0.1) is 19.3 Å². The maximum absolute atomic E-state index is 11.4. The molecule has 0 saturated carbocycles. The highest BCUT2D eigenvalue weighted by atomic mass is 16.6. The molecular formula is C10H18O5. The third kappa shape index (κ3) is 4.29. The molecule has 0 fully saturated rings. The molecule has 88 valence electrons. The average molecular weight is 218 g/mol. The van der Waals surface area contributed by atoms with Crippen molar-refractivity contribution in [3.05, 3.63) is 0 Å². The molecule has 0 bridgehead atoms.